The number of amides is 1. The Hall–Kier alpha value is -2.87. The molecule has 0 atom stereocenters. The largest absolute Gasteiger partial charge is 0.454 e. The number of anilines is 1. The summed E-state index contributed by atoms with van der Waals surface area (Å²) in [6.07, 6.45) is 0. The lowest BCUT2D eigenvalue weighted by Crippen LogP contribution is -2.25. The van der Waals surface area contributed by atoms with Gasteiger partial charge in [-0.2, -0.15) is 0 Å². The van der Waals surface area contributed by atoms with Gasteiger partial charge in [-0.15, -0.1) is 0 Å². The van der Waals surface area contributed by atoms with Crippen molar-refractivity contribution in [2.24, 2.45) is 0 Å². The van der Waals surface area contributed by atoms with Crippen LogP contribution in [0.2, 0.25) is 0 Å². The highest BCUT2D eigenvalue weighted by Crippen LogP contribution is 2.20. The first-order chi connectivity index (χ1) is 12.0. The molecule has 0 radical (unpaired) electrons. The van der Waals surface area contributed by atoms with Crippen LogP contribution in [-0.4, -0.2) is 23.1 Å². The van der Waals surface area contributed by atoms with Crippen molar-refractivity contribution in [1.29, 1.82) is 0 Å². The van der Waals surface area contributed by atoms with Gasteiger partial charge in [0.25, 0.3) is 5.91 Å². The molecule has 0 spiro atoms. The van der Waals surface area contributed by atoms with E-state index in [1.165, 1.54) is 0 Å². The average Bonchev–Trinajstić information content (AvgIpc) is 2.91. The molecule has 3 aromatic rings. The molecule has 7 nitrogen and oxygen atoms in total. The van der Waals surface area contributed by atoms with Crippen LogP contribution >= 0.6 is 15.9 Å². The van der Waals surface area contributed by atoms with Gasteiger partial charge < -0.3 is 14.5 Å². The average molecular weight is 405 g/mol. The quantitative estimate of drug-likeness (QED) is 0.659. The molecule has 0 aliphatic rings. The maximum Gasteiger partial charge on any atom is 0.420 e. The number of fused-ring (bicyclic) bond motifs is 1. The lowest BCUT2D eigenvalue weighted by atomic mass is 10.3. The Morgan fingerprint density at radius 2 is 1.84 bits per heavy atom. The van der Waals surface area contributed by atoms with Gasteiger partial charge in [0, 0.05) is 4.47 Å². The fraction of sp³-hybridized carbons (Fsp3) is 0.118. The van der Waals surface area contributed by atoms with E-state index in [1.54, 1.807) is 42.5 Å². The van der Waals surface area contributed by atoms with Gasteiger partial charge in [-0.05, 0) is 40.2 Å². The van der Waals surface area contributed by atoms with E-state index in [1.807, 2.05) is 6.07 Å². The third-order valence-electron chi connectivity index (χ3n) is 3.37. The molecule has 0 unspecified atom stereocenters. The Balaban J connectivity index is 1.59. The fourth-order valence-corrected chi connectivity index (χ4v) is 2.62. The minimum Gasteiger partial charge on any atom is -0.454 e. The topological polar surface area (TPSA) is 90.5 Å². The molecule has 0 saturated carbocycles. The molecule has 128 valence electrons. The van der Waals surface area contributed by atoms with Crippen LogP contribution in [0.1, 0.15) is 0 Å². The summed E-state index contributed by atoms with van der Waals surface area (Å²) in [5.74, 6) is -1.85. The number of ether oxygens (including phenoxy) is 1. The van der Waals surface area contributed by atoms with Crippen LogP contribution in [0.25, 0.3) is 11.1 Å². The maximum atomic E-state index is 11.9. The SMILES string of the molecule is O=C(COC(=O)Cn1c(=O)oc2ccccc21)Nc1ccccc1Br. The number of hydrogen-bond acceptors (Lipinski definition) is 5. The van der Waals surface area contributed by atoms with Crippen molar-refractivity contribution in [2.75, 3.05) is 11.9 Å². The zero-order valence-electron chi connectivity index (χ0n) is 12.9. The molecule has 0 saturated heterocycles. The van der Waals surface area contributed by atoms with Crippen LogP contribution in [0.4, 0.5) is 5.69 Å². The van der Waals surface area contributed by atoms with Crippen LogP contribution in [0.5, 0.6) is 0 Å². The number of aromatic nitrogens is 1. The molecule has 0 aliphatic carbocycles. The predicted octanol–water partition coefficient (Wildman–Crippen LogP) is 2.54. The first-order valence-corrected chi connectivity index (χ1v) is 8.12. The zero-order chi connectivity index (χ0) is 17.8. The highest BCUT2D eigenvalue weighted by Gasteiger charge is 2.14. The van der Waals surface area contributed by atoms with Gasteiger partial charge in [-0.3, -0.25) is 14.2 Å². The monoisotopic (exact) mass is 404 g/mol. The van der Waals surface area contributed by atoms with Crippen molar-refractivity contribution in [3.63, 3.8) is 0 Å². The molecule has 2 aromatic carbocycles. The molecule has 25 heavy (non-hydrogen) atoms. The van der Waals surface area contributed by atoms with Crippen LogP contribution in [0, 0.1) is 0 Å². The third kappa shape index (κ3) is 3.97. The van der Waals surface area contributed by atoms with E-state index in [0.29, 0.717) is 21.3 Å². The first kappa shape index (κ1) is 17.0. The predicted molar refractivity (Wildman–Crippen MR) is 94.2 cm³/mol. The summed E-state index contributed by atoms with van der Waals surface area (Å²) in [6, 6.07) is 13.8. The molecule has 0 bridgehead atoms. The number of nitrogens with zero attached hydrogens (tertiary/aromatic N) is 1. The molecule has 3 rings (SSSR count). The van der Waals surface area contributed by atoms with Gasteiger partial charge in [0.15, 0.2) is 12.2 Å². The number of hydrogen-bond donors (Lipinski definition) is 1. The Morgan fingerprint density at radius 1 is 1.12 bits per heavy atom. The molecular weight excluding hydrogens is 392 g/mol. The third-order valence-corrected chi connectivity index (χ3v) is 4.06. The van der Waals surface area contributed by atoms with Gasteiger partial charge in [0.05, 0.1) is 11.2 Å². The number of carbonyl (C=O) groups is 2. The number of oxazole rings is 1. The second-order valence-electron chi connectivity index (χ2n) is 5.11. The lowest BCUT2D eigenvalue weighted by molar-refractivity contribution is -0.147. The van der Waals surface area contributed by atoms with Crippen molar-refractivity contribution in [1.82, 2.24) is 4.57 Å². The summed E-state index contributed by atoms with van der Waals surface area (Å²) in [4.78, 5) is 35.6. The van der Waals surface area contributed by atoms with Gasteiger partial charge in [-0.25, -0.2) is 4.79 Å². The van der Waals surface area contributed by atoms with E-state index in [4.69, 9.17) is 9.15 Å². The van der Waals surface area contributed by atoms with Gasteiger partial charge in [-0.1, -0.05) is 24.3 Å². The summed E-state index contributed by atoms with van der Waals surface area (Å²) < 4.78 is 11.8. The number of halogens is 1. The number of para-hydroxylation sites is 3. The number of nitrogens with one attached hydrogen (secondary N) is 1. The van der Waals surface area contributed by atoms with E-state index < -0.39 is 24.2 Å². The summed E-state index contributed by atoms with van der Waals surface area (Å²) in [5, 5.41) is 2.62. The fourth-order valence-electron chi connectivity index (χ4n) is 2.23. The van der Waals surface area contributed by atoms with Gasteiger partial charge >= 0.3 is 11.7 Å². The Labute approximate surface area is 150 Å². The lowest BCUT2D eigenvalue weighted by Gasteiger charge is -2.08. The molecule has 1 N–H and O–H groups in total. The van der Waals surface area contributed by atoms with Gasteiger partial charge in [0.2, 0.25) is 0 Å². The van der Waals surface area contributed by atoms with Crippen molar-refractivity contribution in [2.45, 2.75) is 6.54 Å². The number of carbonyl (C=O) groups excluding carboxylic acids is 2. The molecule has 0 aliphatic heterocycles. The molecule has 0 fully saturated rings. The van der Waals surface area contributed by atoms with Crippen molar-refractivity contribution >= 4 is 44.6 Å². The molecule has 1 heterocycles. The normalized spacial score (nSPS) is 10.6. The number of benzene rings is 2. The summed E-state index contributed by atoms with van der Waals surface area (Å²) >= 11 is 3.30. The van der Waals surface area contributed by atoms with E-state index in [9.17, 15) is 14.4 Å². The van der Waals surface area contributed by atoms with Crippen LogP contribution < -0.4 is 11.1 Å². The minimum atomic E-state index is -0.712. The standard InChI is InChI=1S/C17H13BrN2O5/c18-11-5-1-2-6-12(11)19-15(21)10-24-16(22)9-20-13-7-3-4-8-14(13)25-17(20)23/h1-8H,9-10H2,(H,19,21). The highest BCUT2D eigenvalue weighted by molar-refractivity contribution is 9.10. The second kappa shape index (κ2) is 7.35. The molecule has 1 amide bonds. The molecule has 8 heteroatoms. The summed E-state index contributed by atoms with van der Waals surface area (Å²) in [5.41, 5.74) is 1.44. The van der Waals surface area contributed by atoms with Crippen LogP contribution in [0.3, 0.4) is 0 Å². The molecule has 1 aromatic heterocycles. The van der Waals surface area contributed by atoms with Crippen LogP contribution in [0.15, 0.2) is 62.2 Å². The van der Waals surface area contributed by atoms with Crippen molar-refractivity contribution < 1.29 is 18.7 Å². The Bertz CT molecular complexity index is 992. The first-order valence-electron chi connectivity index (χ1n) is 7.33. The van der Waals surface area contributed by atoms with Crippen LogP contribution in [-0.2, 0) is 20.9 Å². The van der Waals surface area contributed by atoms with Crippen molar-refractivity contribution in [3.05, 3.63) is 63.6 Å². The van der Waals surface area contributed by atoms with Gasteiger partial charge in [0.1, 0.15) is 6.54 Å². The zero-order valence-corrected chi connectivity index (χ0v) is 14.5. The van der Waals surface area contributed by atoms with E-state index >= 15 is 0 Å². The minimum absolute atomic E-state index is 0.335. The summed E-state index contributed by atoms with van der Waals surface area (Å²) in [6.45, 7) is -0.789. The summed E-state index contributed by atoms with van der Waals surface area (Å²) in [7, 11) is 0. The smallest absolute Gasteiger partial charge is 0.420 e. The number of esters is 1. The number of rotatable bonds is 5. The molecular formula is C17H13BrN2O5. The highest BCUT2D eigenvalue weighted by atomic mass is 79.9. The Kier molecular flexibility index (Phi) is 4.99. The Morgan fingerprint density at radius 3 is 2.64 bits per heavy atom. The van der Waals surface area contributed by atoms with E-state index in [-0.39, 0.29) is 6.54 Å². The van der Waals surface area contributed by atoms with E-state index in [0.717, 1.165) is 4.57 Å². The van der Waals surface area contributed by atoms with E-state index in [2.05, 4.69) is 21.2 Å². The second-order valence-corrected chi connectivity index (χ2v) is 5.96. The van der Waals surface area contributed by atoms with Crippen molar-refractivity contribution in [3.8, 4) is 0 Å². The maximum absolute atomic E-state index is 11.9.